The van der Waals surface area contributed by atoms with E-state index in [1.807, 2.05) is 23.1 Å². The highest BCUT2D eigenvalue weighted by Gasteiger charge is 2.48. The summed E-state index contributed by atoms with van der Waals surface area (Å²) in [5.74, 6) is 0.298. The third-order valence-corrected chi connectivity index (χ3v) is 4.66. The molecule has 1 aromatic rings. The van der Waals surface area contributed by atoms with E-state index in [2.05, 4.69) is 26.0 Å². The molecule has 0 N–H and O–H groups in total. The Labute approximate surface area is 120 Å². The van der Waals surface area contributed by atoms with Crippen molar-refractivity contribution in [2.75, 3.05) is 19.7 Å². The second-order valence-electron chi connectivity index (χ2n) is 6.64. The summed E-state index contributed by atoms with van der Waals surface area (Å²) >= 11 is 0. The van der Waals surface area contributed by atoms with Crippen molar-refractivity contribution in [2.45, 2.75) is 44.1 Å². The van der Waals surface area contributed by atoms with Gasteiger partial charge in [-0.25, -0.2) is 0 Å². The van der Waals surface area contributed by atoms with E-state index in [9.17, 15) is 4.79 Å². The Kier molecular flexibility index (Phi) is 3.33. The Morgan fingerprint density at radius 3 is 2.45 bits per heavy atom. The third-order valence-electron chi connectivity index (χ3n) is 4.66. The number of ether oxygens (including phenoxy) is 1. The van der Waals surface area contributed by atoms with E-state index in [0.717, 1.165) is 25.8 Å². The summed E-state index contributed by atoms with van der Waals surface area (Å²) in [4.78, 5) is 15.1. The first kappa shape index (κ1) is 13.6. The molecule has 20 heavy (non-hydrogen) atoms. The van der Waals surface area contributed by atoms with Crippen LogP contribution in [0.15, 0.2) is 30.3 Å². The highest BCUT2D eigenvalue weighted by molar-refractivity contribution is 5.89. The molecule has 3 heteroatoms. The maximum absolute atomic E-state index is 13.1. The number of rotatable bonds is 2. The predicted molar refractivity (Wildman–Crippen MR) is 78.6 cm³/mol. The zero-order valence-corrected chi connectivity index (χ0v) is 12.4. The molecule has 1 aliphatic heterocycles. The lowest BCUT2D eigenvalue weighted by Crippen LogP contribution is -2.57. The van der Waals surface area contributed by atoms with E-state index in [-0.39, 0.29) is 11.0 Å². The van der Waals surface area contributed by atoms with Crippen molar-refractivity contribution >= 4 is 5.91 Å². The number of hydrogen-bond donors (Lipinski definition) is 0. The van der Waals surface area contributed by atoms with Crippen molar-refractivity contribution in [3.63, 3.8) is 0 Å². The number of carbonyl (C=O) groups excluding carboxylic acids is 1. The maximum atomic E-state index is 13.1. The van der Waals surface area contributed by atoms with Gasteiger partial charge in [-0.1, -0.05) is 36.8 Å². The minimum atomic E-state index is -0.269. The van der Waals surface area contributed by atoms with Crippen LogP contribution in [0, 0.1) is 0 Å². The molecule has 1 heterocycles. The second-order valence-corrected chi connectivity index (χ2v) is 6.64. The number of morpholine rings is 1. The number of hydrogen-bond acceptors (Lipinski definition) is 2. The Morgan fingerprint density at radius 1 is 1.20 bits per heavy atom. The number of nitrogens with zero attached hydrogens (tertiary/aromatic N) is 1. The molecular weight excluding hydrogens is 250 g/mol. The van der Waals surface area contributed by atoms with Crippen LogP contribution in [-0.2, 0) is 14.9 Å². The van der Waals surface area contributed by atoms with Crippen LogP contribution < -0.4 is 0 Å². The second kappa shape index (κ2) is 4.88. The number of amides is 1. The molecule has 3 nitrogen and oxygen atoms in total. The maximum Gasteiger partial charge on any atom is 0.233 e. The molecule has 3 rings (SSSR count). The zero-order valence-electron chi connectivity index (χ0n) is 12.4. The molecule has 0 radical (unpaired) electrons. The van der Waals surface area contributed by atoms with Gasteiger partial charge in [0.2, 0.25) is 5.91 Å². The Bertz CT molecular complexity index is 491. The van der Waals surface area contributed by atoms with Gasteiger partial charge in [0.1, 0.15) is 0 Å². The summed E-state index contributed by atoms with van der Waals surface area (Å²) in [6.45, 7) is 6.17. The lowest BCUT2D eigenvalue weighted by Gasteiger charge is -2.47. The summed E-state index contributed by atoms with van der Waals surface area (Å²) in [5.41, 5.74) is 0.685. The molecule has 1 aliphatic carbocycles. The fourth-order valence-corrected chi connectivity index (χ4v) is 3.41. The van der Waals surface area contributed by atoms with Gasteiger partial charge in [0.25, 0.3) is 0 Å². The normalized spacial score (nSPS) is 24.0. The van der Waals surface area contributed by atoms with E-state index in [0.29, 0.717) is 19.1 Å². The largest absolute Gasteiger partial charge is 0.372 e. The molecular formula is C17H23NO2. The van der Waals surface area contributed by atoms with Crippen LogP contribution in [0.4, 0.5) is 0 Å². The van der Waals surface area contributed by atoms with Crippen LogP contribution >= 0.6 is 0 Å². The molecule has 1 saturated heterocycles. The van der Waals surface area contributed by atoms with Crippen molar-refractivity contribution in [3.8, 4) is 0 Å². The first-order chi connectivity index (χ1) is 9.54. The van der Waals surface area contributed by atoms with Gasteiger partial charge in [0, 0.05) is 13.1 Å². The molecule has 1 amide bonds. The van der Waals surface area contributed by atoms with E-state index in [1.165, 1.54) is 5.56 Å². The molecule has 0 unspecified atom stereocenters. The third kappa shape index (κ3) is 2.24. The smallest absolute Gasteiger partial charge is 0.233 e. The van der Waals surface area contributed by atoms with Gasteiger partial charge in [-0.15, -0.1) is 0 Å². The number of benzene rings is 1. The monoisotopic (exact) mass is 273 g/mol. The summed E-state index contributed by atoms with van der Waals surface area (Å²) in [6, 6.07) is 10.3. The molecule has 2 aliphatic rings. The fraction of sp³-hybridized carbons (Fsp3) is 0.588. The molecule has 0 spiro atoms. The van der Waals surface area contributed by atoms with Crippen LogP contribution in [0.2, 0.25) is 0 Å². The predicted octanol–water partition coefficient (Wildman–Crippen LogP) is 2.75. The minimum Gasteiger partial charge on any atom is -0.372 e. The molecule has 1 saturated carbocycles. The first-order valence-corrected chi connectivity index (χ1v) is 7.52. The van der Waals surface area contributed by atoms with Gasteiger partial charge in [0.15, 0.2) is 0 Å². The van der Waals surface area contributed by atoms with E-state index in [1.54, 1.807) is 0 Å². The van der Waals surface area contributed by atoms with Gasteiger partial charge in [0.05, 0.1) is 17.6 Å². The van der Waals surface area contributed by atoms with Crippen LogP contribution in [0.3, 0.4) is 0 Å². The minimum absolute atomic E-state index is 0.227. The number of carbonyl (C=O) groups is 1. The van der Waals surface area contributed by atoms with Gasteiger partial charge in [-0.3, -0.25) is 4.79 Å². The molecule has 0 atom stereocenters. The average Bonchev–Trinajstić information content (AvgIpc) is 2.37. The van der Waals surface area contributed by atoms with Crippen LogP contribution in [0.1, 0.15) is 38.7 Å². The molecule has 2 fully saturated rings. The summed E-state index contributed by atoms with van der Waals surface area (Å²) < 4.78 is 5.72. The lowest BCUT2D eigenvalue weighted by atomic mass is 9.63. The average molecular weight is 273 g/mol. The highest BCUT2D eigenvalue weighted by Crippen LogP contribution is 2.45. The Balaban J connectivity index is 1.85. The van der Waals surface area contributed by atoms with Gasteiger partial charge >= 0.3 is 0 Å². The van der Waals surface area contributed by atoms with Crippen LogP contribution in [0.5, 0.6) is 0 Å². The Hall–Kier alpha value is -1.35. The van der Waals surface area contributed by atoms with E-state index < -0.39 is 0 Å². The van der Waals surface area contributed by atoms with Crippen molar-refractivity contribution < 1.29 is 9.53 Å². The van der Waals surface area contributed by atoms with Crippen molar-refractivity contribution in [2.24, 2.45) is 0 Å². The first-order valence-electron chi connectivity index (χ1n) is 7.52. The summed E-state index contributed by atoms with van der Waals surface area (Å²) in [6.07, 6.45) is 3.11. The van der Waals surface area contributed by atoms with Crippen LogP contribution in [-0.4, -0.2) is 36.1 Å². The van der Waals surface area contributed by atoms with Gasteiger partial charge in [-0.05, 0) is 32.3 Å². The van der Waals surface area contributed by atoms with Crippen molar-refractivity contribution in [1.82, 2.24) is 4.90 Å². The highest BCUT2D eigenvalue weighted by atomic mass is 16.5. The Morgan fingerprint density at radius 2 is 1.90 bits per heavy atom. The molecule has 0 aromatic heterocycles. The zero-order chi connectivity index (χ0) is 14.2. The van der Waals surface area contributed by atoms with Gasteiger partial charge in [-0.2, -0.15) is 0 Å². The molecule has 0 bridgehead atoms. The van der Waals surface area contributed by atoms with Crippen molar-refractivity contribution in [1.29, 1.82) is 0 Å². The van der Waals surface area contributed by atoms with E-state index >= 15 is 0 Å². The summed E-state index contributed by atoms with van der Waals surface area (Å²) in [7, 11) is 0. The standard InChI is InChI=1S/C17H23NO2/c1-16(2)13-18(11-12-20-16)15(19)17(9-6-10-17)14-7-4-3-5-8-14/h3-5,7-8H,6,9-13H2,1-2H3. The molecule has 1 aromatic carbocycles. The summed E-state index contributed by atoms with van der Waals surface area (Å²) in [5, 5.41) is 0. The van der Waals surface area contributed by atoms with Crippen LogP contribution in [0.25, 0.3) is 0 Å². The lowest BCUT2D eigenvalue weighted by molar-refractivity contribution is -0.155. The van der Waals surface area contributed by atoms with Gasteiger partial charge < -0.3 is 9.64 Å². The fourth-order valence-electron chi connectivity index (χ4n) is 3.41. The van der Waals surface area contributed by atoms with E-state index in [4.69, 9.17) is 4.74 Å². The SMILES string of the molecule is CC1(C)CN(C(=O)C2(c3ccccc3)CCC2)CCO1. The topological polar surface area (TPSA) is 29.5 Å². The molecule has 108 valence electrons. The van der Waals surface area contributed by atoms with Crippen molar-refractivity contribution in [3.05, 3.63) is 35.9 Å². The quantitative estimate of drug-likeness (QED) is 0.829.